The van der Waals surface area contributed by atoms with Gasteiger partial charge in [0, 0.05) is 16.6 Å². The first kappa shape index (κ1) is 22.1. The monoisotopic (exact) mass is 461 g/mol. The molecule has 0 spiro atoms. The smallest absolute Gasteiger partial charge is 0.308 e. The van der Waals surface area contributed by atoms with E-state index in [0.29, 0.717) is 22.5 Å². The van der Waals surface area contributed by atoms with Crippen LogP contribution in [-0.2, 0) is 19.1 Å². The summed E-state index contributed by atoms with van der Waals surface area (Å²) in [5.74, 6) is -0.206. The molecule has 1 aliphatic heterocycles. The largest absolute Gasteiger partial charge is 0.469 e. The average molecular weight is 462 g/mol. The van der Waals surface area contributed by atoms with E-state index in [-0.39, 0.29) is 18.4 Å². The predicted octanol–water partition coefficient (Wildman–Crippen LogP) is 5.37. The molecule has 1 aliphatic carbocycles. The lowest BCUT2D eigenvalue weighted by molar-refractivity contribution is -0.181. The van der Waals surface area contributed by atoms with Gasteiger partial charge in [0.2, 0.25) is 0 Å². The van der Waals surface area contributed by atoms with Crippen LogP contribution in [0.4, 0.5) is 0 Å². The van der Waals surface area contributed by atoms with E-state index >= 15 is 0 Å². The molecule has 1 amide bonds. The molecule has 5 nitrogen and oxygen atoms in total. The zero-order valence-electron chi connectivity index (χ0n) is 17.3. The topological polar surface area (TPSA) is 55.8 Å². The van der Waals surface area contributed by atoms with Crippen LogP contribution >= 0.6 is 23.2 Å². The summed E-state index contributed by atoms with van der Waals surface area (Å²) in [6.45, 7) is 0.629. The average Bonchev–Trinajstić information content (AvgIpc) is 2.73. The molecule has 4 rings (SSSR count). The Labute approximate surface area is 192 Å². The summed E-state index contributed by atoms with van der Waals surface area (Å²) in [6, 6.07) is 14.6. The Morgan fingerprint density at radius 3 is 2.45 bits per heavy atom. The molecule has 2 aromatic rings. The number of morpholine rings is 1. The molecule has 0 unspecified atom stereocenters. The minimum atomic E-state index is -0.903. The van der Waals surface area contributed by atoms with Gasteiger partial charge in [-0.05, 0) is 54.2 Å². The van der Waals surface area contributed by atoms with Crippen molar-refractivity contribution in [3.63, 3.8) is 0 Å². The Balaban J connectivity index is 1.77. The molecule has 164 valence electrons. The van der Waals surface area contributed by atoms with Gasteiger partial charge in [0.1, 0.15) is 12.2 Å². The summed E-state index contributed by atoms with van der Waals surface area (Å²) in [7, 11) is 1.31. The van der Waals surface area contributed by atoms with Crippen molar-refractivity contribution in [2.75, 3.05) is 13.7 Å². The molecule has 1 saturated heterocycles. The Hall–Kier alpha value is -2.08. The highest BCUT2D eigenvalue weighted by Crippen LogP contribution is 2.44. The first-order chi connectivity index (χ1) is 15.0. The number of ether oxygens (including phenoxy) is 2. The molecule has 0 aromatic heterocycles. The lowest BCUT2D eigenvalue weighted by Crippen LogP contribution is -2.53. The van der Waals surface area contributed by atoms with Crippen molar-refractivity contribution in [1.82, 2.24) is 4.90 Å². The van der Waals surface area contributed by atoms with Gasteiger partial charge in [-0.15, -0.1) is 0 Å². The third kappa shape index (κ3) is 4.89. The van der Waals surface area contributed by atoms with Gasteiger partial charge >= 0.3 is 5.97 Å². The first-order valence-corrected chi connectivity index (χ1v) is 11.3. The van der Waals surface area contributed by atoms with Crippen LogP contribution in [0.1, 0.15) is 49.0 Å². The standard InChI is InChI=1S/C24H25Cl2NO4/c1-30-21(28)13-20-24(29)27(14-15-4-2-5-15)22(16-8-10-18(25)11-9-16)23(31-20)17-6-3-7-19(26)12-17/h3,6-12,15,20,22-23H,2,4-5,13-14H2,1H3/t20-,22+,23+/m0/s1. The van der Waals surface area contributed by atoms with Crippen LogP contribution in [0.5, 0.6) is 0 Å². The van der Waals surface area contributed by atoms with Gasteiger partial charge in [-0.2, -0.15) is 0 Å². The molecule has 2 fully saturated rings. The molecule has 0 bridgehead atoms. The normalized spacial score (nSPS) is 24.0. The number of nitrogens with zero attached hydrogens (tertiary/aromatic N) is 1. The Kier molecular flexibility index (Phi) is 6.85. The molecule has 7 heteroatoms. The van der Waals surface area contributed by atoms with Crippen molar-refractivity contribution in [3.8, 4) is 0 Å². The van der Waals surface area contributed by atoms with Gasteiger partial charge in [0.25, 0.3) is 5.91 Å². The summed E-state index contributed by atoms with van der Waals surface area (Å²) in [5, 5.41) is 1.21. The van der Waals surface area contributed by atoms with Crippen LogP contribution in [0.2, 0.25) is 10.0 Å². The van der Waals surface area contributed by atoms with Crippen molar-refractivity contribution in [3.05, 3.63) is 69.7 Å². The number of carbonyl (C=O) groups excluding carboxylic acids is 2. The minimum absolute atomic E-state index is 0.124. The zero-order chi connectivity index (χ0) is 22.0. The summed E-state index contributed by atoms with van der Waals surface area (Å²) < 4.78 is 11.1. The van der Waals surface area contributed by atoms with Gasteiger partial charge in [0.15, 0.2) is 0 Å². The van der Waals surface area contributed by atoms with E-state index in [0.717, 1.165) is 24.0 Å². The maximum Gasteiger partial charge on any atom is 0.308 e. The number of esters is 1. The number of halogens is 2. The summed E-state index contributed by atoms with van der Waals surface area (Å²) in [4.78, 5) is 27.4. The molecule has 2 aliphatic rings. The Bertz CT molecular complexity index is 945. The molecular weight excluding hydrogens is 437 g/mol. The number of methoxy groups -OCH3 is 1. The van der Waals surface area contributed by atoms with E-state index in [1.165, 1.54) is 13.5 Å². The highest BCUT2D eigenvalue weighted by atomic mass is 35.5. The minimum Gasteiger partial charge on any atom is -0.469 e. The van der Waals surface area contributed by atoms with Gasteiger partial charge in [-0.1, -0.05) is 53.9 Å². The van der Waals surface area contributed by atoms with E-state index in [4.69, 9.17) is 32.7 Å². The van der Waals surface area contributed by atoms with E-state index in [2.05, 4.69) is 0 Å². The zero-order valence-corrected chi connectivity index (χ0v) is 18.8. The van der Waals surface area contributed by atoms with Crippen LogP contribution in [0.3, 0.4) is 0 Å². The molecule has 0 radical (unpaired) electrons. The molecule has 2 aromatic carbocycles. The molecule has 3 atom stereocenters. The van der Waals surface area contributed by atoms with Crippen molar-refractivity contribution >= 4 is 35.1 Å². The Morgan fingerprint density at radius 2 is 1.84 bits per heavy atom. The number of benzene rings is 2. The van der Waals surface area contributed by atoms with Crippen molar-refractivity contribution < 1.29 is 19.1 Å². The van der Waals surface area contributed by atoms with Crippen molar-refractivity contribution in [1.29, 1.82) is 0 Å². The lowest BCUT2D eigenvalue weighted by atomic mass is 9.83. The third-order valence-corrected chi connectivity index (χ3v) is 6.63. The molecule has 1 saturated carbocycles. The molecule has 31 heavy (non-hydrogen) atoms. The van der Waals surface area contributed by atoms with Crippen LogP contribution in [0.25, 0.3) is 0 Å². The van der Waals surface area contributed by atoms with Crippen LogP contribution in [0.15, 0.2) is 48.5 Å². The number of hydrogen-bond donors (Lipinski definition) is 0. The fourth-order valence-corrected chi connectivity index (χ4v) is 4.61. The predicted molar refractivity (Wildman–Crippen MR) is 119 cm³/mol. The van der Waals surface area contributed by atoms with E-state index in [1.807, 2.05) is 47.4 Å². The molecule has 0 N–H and O–H groups in total. The number of rotatable bonds is 6. The second-order valence-corrected chi connectivity index (χ2v) is 9.04. The summed E-state index contributed by atoms with van der Waals surface area (Å²) in [6.07, 6.45) is 1.87. The van der Waals surface area contributed by atoms with Gasteiger partial charge in [0.05, 0.1) is 19.6 Å². The van der Waals surface area contributed by atoms with Gasteiger partial charge in [-0.3, -0.25) is 9.59 Å². The van der Waals surface area contributed by atoms with Gasteiger partial charge < -0.3 is 14.4 Å². The second kappa shape index (κ2) is 9.60. The number of amides is 1. The number of hydrogen-bond acceptors (Lipinski definition) is 4. The first-order valence-electron chi connectivity index (χ1n) is 10.5. The molecule has 1 heterocycles. The third-order valence-electron chi connectivity index (χ3n) is 6.14. The highest BCUT2D eigenvalue weighted by molar-refractivity contribution is 6.30. The summed E-state index contributed by atoms with van der Waals surface area (Å²) in [5.41, 5.74) is 1.78. The van der Waals surface area contributed by atoms with Crippen LogP contribution in [0, 0.1) is 5.92 Å². The second-order valence-electron chi connectivity index (χ2n) is 8.16. The fourth-order valence-electron chi connectivity index (χ4n) is 4.28. The molecular formula is C24H25Cl2NO4. The van der Waals surface area contributed by atoms with Gasteiger partial charge in [-0.25, -0.2) is 0 Å². The van der Waals surface area contributed by atoms with Crippen LogP contribution in [-0.4, -0.2) is 36.5 Å². The fraction of sp³-hybridized carbons (Fsp3) is 0.417. The van der Waals surface area contributed by atoms with E-state index < -0.39 is 18.2 Å². The lowest BCUT2D eigenvalue weighted by Gasteiger charge is -2.46. The highest BCUT2D eigenvalue weighted by Gasteiger charge is 2.45. The Morgan fingerprint density at radius 1 is 1.10 bits per heavy atom. The maximum atomic E-state index is 13.5. The van der Waals surface area contributed by atoms with E-state index in [1.54, 1.807) is 6.07 Å². The quantitative estimate of drug-likeness (QED) is 0.542. The number of carbonyl (C=O) groups is 2. The van der Waals surface area contributed by atoms with E-state index in [9.17, 15) is 9.59 Å². The maximum absolute atomic E-state index is 13.5. The SMILES string of the molecule is COC(=O)C[C@@H]1O[C@H](c2cccc(Cl)c2)[C@@H](c2ccc(Cl)cc2)N(CC2CCC2)C1=O. The van der Waals surface area contributed by atoms with Crippen molar-refractivity contribution in [2.45, 2.75) is 43.9 Å². The van der Waals surface area contributed by atoms with Crippen LogP contribution < -0.4 is 0 Å². The summed E-state index contributed by atoms with van der Waals surface area (Å²) >= 11 is 12.4. The van der Waals surface area contributed by atoms with Crippen molar-refractivity contribution in [2.24, 2.45) is 5.92 Å².